The second-order valence-corrected chi connectivity index (χ2v) is 11.0. The van der Waals surface area contributed by atoms with Crippen LogP contribution in [0.1, 0.15) is 40.1 Å². The van der Waals surface area contributed by atoms with Crippen LogP contribution in [0, 0.1) is 0 Å². The molecule has 11 heteroatoms. The highest BCUT2D eigenvalue weighted by Crippen LogP contribution is 2.38. The van der Waals surface area contributed by atoms with Crippen LogP contribution in [0.5, 0.6) is 0 Å². The predicted molar refractivity (Wildman–Crippen MR) is 117 cm³/mol. The Kier molecular flexibility index (Phi) is 6.16. The Morgan fingerprint density at radius 3 is 2.39 bits per heavy atom. The number of hydrogen-bond donors (Lipinski definition) is 5. The first-order chi connectivity index (χ1) is 14.8. The number of carbonyl (C=O) groups excluding carboxylic acids is 1. The molecule has 0 saturated carbocycles. The van der Waals surface area contributed by atoms with Crippen molar-refractivity contribution in [3.05, 3.63) is 39.5 Å². The zero-order valence-electron chi connectivity index (χ0n) is 17.0. The molecule has 1 aromatic heterocycles. The summed E-state index contributed by atoms with van der Waals surface area (Å²) in [5.74, 6) is -0.649. The highest BCUT2D eigenvalue weighted by Gasteiger charge is 2.32. The van der Waals surface area contributed by atoms with E-state index in [9.17, 15) is 24.3 Å². The van der Waals surface area contributed by atoms with Gasteiger partial charge in [-0.15, -0.1) is 15.7 Å². The molecule has 1 atom stereocenters. The van der Waals surface area contributed by atoms with E-state index in [1.54, 1.807) is 0 Å². The van der Waals surface area contributed by atoms with Gasteiger partial charge in [0.05, 0.1) is 26.0 Å². The van der Waals surface area contributed by atoms with Crippen LogP contribution in [-0.4, -0.2) is 50.2 Å². The fraction of sp³-hybridized carbons (Fsp3) is 0.500. The fourth-order valence-corrected chi connectivity index (χ4v) is 6.42. The largest absolute Gasteiger partial charge is 0.393 e. The molecule has 0 spiro atoms. The van der Waals surface area contributed by atoms with Gasteiger partial charge in [-0.3, -0.25) is 4.79 Å². The first kappa shape index (κ1) is 22.3. The van der Waals surface area contributed by atoms with Gasteiger partial charge in [0.1, 0.15) is 9.22 Å². The molecule has 4 rings (SSSR count). The molecule has 1 aromatic carbocycles. The molecule has 2 aliphatic carbocycles. The van der Waals surface area contributed by atoms with Gasteiger partial charge in [0.25, 0.3) is 5.91 Å². The van der Waals surface area contributed by atoms with E-state index in [1.165, 1.54) is 22.3 Å². The maximum Gasteiger partial charge on any atom is 0.274 e. The monoisotopic (exact) mass is 466 g/mol. The van der Waals surface area contributed by atoms with Gasteiger partial charge in [-0.05, 0) is 60.8 Å². The van der Waals surface area contributed by atoms with Crippen LogP contribution < -0.4 is 10.5 Å². The third-order valence-electron chi connectivity index (χ3n) is 5.82. The number of fused-ring (bicyclic) bond motifs is 2. The second kappa shape index (κ2) is 8.57. The van der Waals surface area contributed by atoms with Crippen molar-refractivity contribution in [1.82, 2.24) is 4.98 Å². The summed E-state index contributed by atoms with van der Waals surface area (Å²) >= 11 is 0.737. The molecule has 1 heterocycles. The number of amides is 1. The smallest absolute Gasteiger partial charge is 0.274 e. The normalized spacial score (nSPS) is 17.2. The van der Waals surface area contributed by atoms with Gasteiger partial charge >= 0.3 is 0 Å². The van der Waals surface area contributed by atoms with Crippen LogP contribution in [-0.2, 0) is 46.0 Å². The lowest BCUT2D eigenvalue weighted by Crippen LogP contribution is -2.34. The van der Waals surface area contributed by atoms with Gasteiger partial charge < -0.3 is 20.6 Å². The van der Waals surface area contributed by atoms with E-state index in [4.69, 9.17) is 5.14 Å². The quantitative estimate of drug-likeness (QED) is 0.400. The van der Waals surface area contributed by atoms with Crippen LogP contribution in [0.15, 0.2) is 20.8 Å². The van der Waals surface area contributed by atoms with Crippen molar-refractivity contribution in [2.45, 2.75) is 48.3 Å². The lowest BCUT2D eigenvalue weighted by atomic mass is 9.98. The maximum absolute atomic E-state index is 12.8. The number of aliphatic hydroxyl groups excluding tert-OH is 2. The number of carbonyl (C=O) groups is 1. The van der Waals surface area contributed by atoms with Gasteiger partial charge in [0.2, 0.25) is 0 Å². The summed E-state index contributed by atoms with van der Waals surface area (Å²) < 4.78 is 16.5. The third kappa shape index (κ3) is 4.26. The van der Waals surface area contributed by atoms with E-state index in [0.29, 0.717) is 0 Å². The zero-order valence-corrected chi connectivity index (χ0v) is 18.6. The van der Waals surface area contributed by atoms with Gasteiger partial charge in [0, 0.05) is 5.69 Å². The average Bonchev–Trinajstić information content (AvgIpc) is 3.50. The highest BCUT2D eigenvalue weighted by molar-refractivity contribution is 7.93. The van der Waals surface area contributed by atoms with E-state index in [-0.39, 0.29) is 15.8 Å². The zero-order chi connectivity index (χ0) is 22.2. The molecule has 0 fully saturated rings. The molecule has 1 amide bonds. The summed E-state index contributed by atoms with van der Waals surface area (Å²) in [5.41, 5.74) is 4.26. The number of aliphatic hydroxyl groups is 3. The molecule has 0 bridgehead atoms. The number of hydrogen-bond acceptors (Lipinski definition) is 8. The van der Waals surface area contributed by atoms with Crippen molar-refractivity contribution >= 4 is 32.8 Å². The van der Waals surface area contributed by atoms with Crippen molar-refractivity contribution < 1.29 is 24.3 Å². The Morgan fingerprint density at radius 2 is 1.81 bits per heavy atom. The van der Waals surface area contributed by atoms with E-state index in [2.05, 4.69) is 20.7 Å². The number of thiazole rings is 1. The Bertz CT molecular complexity index is 1100. The Hall–Kier alpha value is -1.89. The van der Waals surface area contributed by atoms with Gasteiger partial charge in [-0.1, -0.05) is 6.07 Å². The molecule has 31 heavy (non-hydrogen) atoms. The van der Waals surface area contributed by atoms with Crippen LogP contribution >= 0.6 is 11.3 Å². The number of nitrogens with zero attached hydrogens (tertiary/aromatic N) is 2. The van der Waals surface area contributed by atoms with Gasteiger partial charge in [0.15, 0.2) is 15.5 Å². The average molecular weight is 467 g/mol. The minimum Gasteiger partial charge on any atom is -0.393 e. The molecular formula is C20H26N4O5S2. The van der Waals surface area contributed by atoms with Crippen molar-refractivity contribution in [2.75, 3.05) is 25.1 Å². The summed E-state index contributed by atoms with van der Waals surface area (Å²) in [7, 11) is -3.58. The first-order valence-electron chi connectivity index (χ1n) is 10.2. The molecule has 0 radical (unpaired) electrons. The van der Waals surface area contributed by atoms with E-state index in [0.717, 1.165) is 61.7 Å². The molecule has 0 aliphatic heterocycles. The topological polar surface area (TPSA) is 158 Å². The third-order valence-corrected chi connectivity index (χ3v) is 8.93. The minimum absolute atomic E-state index is 0.0160. The maximum atomic E-state index is 12.8. The molecule has 0 saturated heterocycles. The minimum atomic E-state index is -3.58. The summed E-state index contributed by atoms with van der Waals surface area (Å²) in [4.78, 5) is 16.4. The number of nitrogens with one attached hydrogen (secondary N) is 1. The first-order valence-corrected chi connectivity index (χ1v) is 12.6. The standard InChI is InChI=1S/C20H26N4O5S2/c21-31(29,17-9-23-19(30-17)20(28,10-25)11-26)24-16(27)8-22-18-14-5-1-3-12(14)7-13-4-2-6-15(13)18/h7,9,22,25-26,28H,1-6,8,10-11H2,(H2,21,24,27,29). The van der Waals surface area contributed by atoms with Crippen LogP contribution in [0.4, 0.5) is 5.69 Å². The number of nitrogens with two attached hydrogens (primary N) is 1. The van der Waals surface area contributed by atoms with Crippen molar-refractivity contribution in [1.29, 1.82) is 0 Å². The lowest BCUT2D eigenvalue weighted by Gasteiger charge is -2.19. The van der Waals surface area contributed by atoms with Crippen LogP contribution in [0.25, 0.3) is 0 Å². The number of aromatic nitrogens is 1. The van der Waals surface area contributed by atoms with Gasteiger partial charge in [-0.25, -0.2) is 14.3 Å². The molecule has 2 aromatic rings. The number of benzene rings is 1. The number of rotatable bonds is 7. The summed E-state index contributed by atoms with van der Waals surface area (Å²) in [6, 6.07) is 2.30. The van der Waals surface area contributed by atoms with E-state index >= 15 is 0 Å². The number of aryl methyl sites for hydroxylation is 2. The second-order valence-electron chi connectivity index (χ2n) is 7.97. The van der Waals surface area contributed by atoms with Crippen LogP contribution in [0.2, 0.25) is 0 Å². The molecule has 168 valence electrons. The summed E-state index contributed by atoms with van der Waals surface area (Å²) in [5, 5.41) is 37.7. The molecule has 9 nitrogen and oxygen atoms in total. The van der Waals surface area contributed by atoms with Crippen molar-refractivity contribution in [3.63, 3.8) is 0 Å². The highest BCUT2D eigenvalue weighted by atomic mass is 32.2. The molecular weight excluding hydrogens is 440 g/mol. The van der Waals surface area contributed by atoms with E-state index < -0.39 is 34.6 Å². The molecule has 6 N–H and O–H groups in total. The SMILES string of the molecule is NS(=O)(=NC(=O)CNc1c2c(cc3c1CCC3)CCC2)c1cnc(C(O)(CO)CO)s1. The Labute approximate surface area is 184 Å². The van der Waals surface area contributed by atoms with Crippen LogP contribution in [0.3, 0.4) is 0 Å². The Morgan fingerprint density at radius 1 is 1.19 bits per heavy atom. The van der Waals surface area contributed by atoms with Crippen molar-refractivity contribution in [2.24, 2.45) is 9.50 Å². The number of anilines is 1. The fourth-order valence-electron chi connectivity index (χ4n) is 4.22. The van der Waals surface area contributed by atoms with Crippen molar-refractivity contribution in [3.8, 4) is 0 Å². The summed E-state index contributed by atoms with van der Waals surface area (Å²) in [6.07, 6.45) is 7.40. The summed E-state index contributed by atoms with van der Waals surface area (Å²) in [6.45, 7) is -1.66. The predicted octanol–water partition coefficient (Wildman–Crippen LogP) is 0.632. The lowest BCUT2D eigenvalue weighted by molar-refractivity contribution is -0.116. The molecule has 2 aliphatic rings. The van der Waals surface area contributed by atoms with E-state index in [1.807, 2.05) is 0 Å². The van der Waals surface area contributed by atoms with Gasteiger partial charge in [-0.2, -0.15) is 0 Å². The Balaban J connectivity index is 1.53. The molecule has 1 unspecified atom stereocenters.